The standard InChI is InChI=1S/C14H21FN2O2S/c1-11-2-3-14(13(15)10-11)17-20(18,19)9-6-12-4-7-16-8-5-12/h2-3,10,12,16-17H,4-9H2,1H3. The molecule has 1 aromatic carbocycles. The van der Waals surface area contributed by atoms with Gasteiger partial charge in [-0.3, -0.25) is 4.72 Å². The molecule has 0 spiro atoms. The van der Waals surface area contributed by atoms with Crippen LogP contribution in [0.3, 0.4) is 0 Å². The normalized spacial score (nSPS) is 17.1. The van der Waals surface area contributed by atoms with E-state index in [0.717, 1.165) is 31.5 Å². The first-order valence-corrected chi connectivity index (χ1v) is 8.59. The van der Waals surface area contributed by atoms with E-state index in [1.165, 1.54) is 12.1 Å². The van der Waals surface area contributed by atoms with Crippen LogP contribution >= 0.6 is 0 Å². The van der Waals surface area contributed by atoms with Crippen molar-refractivity contribution >= 4 is 15.7 Å². The Labute approximate surface area is 119 Å². The molecule has 1 saturated heterocycles. The van der Waals surface area contributed by atoms with Crippen molar-refractivity contribution in [3.05, 3.63) is 29.6 Å². The van der Waals surface area contributed by atoms with Crippen molar-refractivity contribution in [3.63, 3.8) is 0 Å². The Balaban J connectivity index is 1.93. The molecule has 0 atom stereocenters. The number of piperidine rings is 1. The van der Waals surface area contributed by atoms with Gasteiger partial charge in [0.05, 0.1) is 11.4 Å². The minimum atomic E-state index is -3.48. The Bertz CT molecular complexity index is 554. The third-order valence-corrected chi connectivity index (χ3v) is 4.95. The summed E-state index contributed by atoms with van der Waals surface area (Å²) in [5.41, 5.74) is 0.793. The monoisotopic (exact) mass is 300 g/mol. The molecule has 0 unspecified atom stereocenters. The molecule has 112 valence electrons. The lowest BCUT2D eigenvalue weighted by molar-refractivity contribution is 0.365. The van der Waals surface area contributed by atoms with Crippen LogP contribution in [-0.2, 0) is 10.0 Å². The third kappa shape index (κ3) is 4.45. The van der Waals surface area contributed by atoms with E-state index >= 15 is 0 Å². The SMILES string of the molecule is Cc1ccc(NS(=O)(=O)CCC2CCNCC2)c(F)c1. The fourth-order valence-electron chi connectivity index (χ4n) is 2.41. The van der Waals surface area contributed by atoms with Crippen LogP contribution in [0.2, 0.25) is 0 Å². The molecule has 20 heavy (non-hydrogen) atoms. The van der Waals surface area contributed by atoms with Crippen molar-refractivity contribution in [2.75, 3.05) is 23.6 Å². The second kappa shape index (κ2) is 6.54. The highest BCUT2D eigenvalue weighted by atomic mass is 32.2. The minimum Gasteiger partial charge on any atom is -0.317 e. The molecular formula is C14H21FN2O2S. The summed E-state index contributed by atoms with van der Waals surface area (Å²) in [5, 5.41) is 3.25. The van der Waals surface area contributed by atoms with E-state index in [9.17, 15) is 12.8 Å². The summed E-state index contributed by atoms with van der Waals surface area (Å²) in [5.74, 6) is -0.0449. The quantitative estimate of drug-likeness (QED) is 0.877. The van der Waals surface area contributed by atoms with Crippen LogP contribution in [0.5, 0.6) is 0 Å². The summed E-state index contributed by atoms with van der Waals surface area (Å²) < 4.78 is 39.9. The number of halogens is 1. The molecule has 1 heterocycles. The summed E-state index contributed by atoms with van der Waals surface area (Å²) in [7, 11) is -3.48. The highest BCUT2D eigenvalue weighted by molar-refractivity contribution is 7.92. The molecule has 6 heteroatoms. The maximum absolute atomic E-state index is 13.6. The molecule has 0 aromatic heterocycles. The van der Waals surface area contributed by atoms with Gasteiger partial charge in [0.1, 0.15) is 5.82 Å². The highest BCUT2D eigenvalue weighted by Crippen LogP contribution is 2.20. The van der Waals surface area contributed by atoms with E-state index in [-0.39, 0.29) is 11.4 Å². The van der Waals surface area contributed by atoms with Crippen LogP contribution in [0.4, 0.5) is 10.1 Å². The van der Waals surface area contributed by atoms with E-state index in [4.69, 9.17) is 0 Å². The lowest BCUT2D eigenvalue weighted by atomic mass is 9.96. The van der Waals surface area contributed by atoms with E-state index in [2.05, 4.69) is 10.0 Å². The Morgan fingerprint density at radius 2 is 2.05 bits per heavy atom. The van der Waals surface area contributed by atoms with Gasteiger partial charge in [-0.1, -0.05) is 6.07 Å². The van der Waals surface area contributed by atoms with Gasteiger partial charge in [-0.15, -0.1) is 0 Å². The van der Waals surface area contributed by atoms with E-state index in [1.807, 2.05) is 0 Å². The van der Waals surface area contributed by atoms with Crippen molar-refractivity contribution in [1.82, 2.24) is 5.32 Å². The molecule has 4 nitrogen and oxygen atoms in total. The maximum atomic E-state index is 13.6. The zero-order chi connectivity index (χ0) is 14.6. The van der Waals surface area contributed by atoms with Gasteiger partial charge in [0.2, 0.25) is 10.0 Å². The molecule has 0 amide bonds. The summed E-state index contributed by atoms with van der Waals surface area (Å²) in [6.45, 7) is 3.66. The van der Waals surface area contributed by atoms with Gasteiger partial charge >= 0.3 is 0 Å². The zero-order valence-electron chi connectivity index (χ0n) is 11.7. The molecule has 1 aliphatic rings. The van der Waals surface area contributed by atoms with Crippen LogP contribution in [0, 0.1) is 18.7 Å². The first kappa shape index (κ1) is 15.3. The van der Waals surface area contributed by atoms with Crippen LogP contribution < -0.4 is 10.0 Å². The second-order valence-electron chi connectivity index (χ2n) is 5.39. The van der Waals surface area contributed by atoms with Crippen molar-refractivity contribution in [2.45, 2.75) is 26.2 Å². The molecular weight excluding hydrogens is 279 g/mol. The van der Waals surface area contributed by atoms with Crippen LogP contribution in [0.25, 0.3) is 0 Å². The lowest BCUT2D eigenvalue weighted by Crippen LogP contribution is -2.29. The average Bonchev–Trinajstić information content (AvgIpc) is 2.41. The number of sulfonamides is 1. The fourth-order valence-corrected chi connectivity index (χ4v) is 3.66. The van der Waals surface area contributed by atoms with Crippen molar-refractivity contribution < 1.29 is 12.8 Å². The topological polar surface area (TPSA) is 58.2 Å². The first-order valence-electron chi connectivity index (χ1n) is 6.94. The summed E-state index contributed by atoms with van der Waals surface area (Å²) in [6.07, 6.45) is 2.65. The molecule has 2 N–H and O–H groups in total. The number of hydrogen-bond donors (Lipinski definition) is 2. The lowest BCUT2D eigenvalue weighted by Gasteiger charge is -2.22. The molecule has 0 saturated carbocycles. The van der Waals surface area contributed by atoms with Gasteiger partial charge in [-0.2, -0.15) is 0 Å². The first-order chi connectivity index (χ1) is 9.46. The van der Waals surface area contributed by atoms with Gasteiger partial charge < -0.3 is 5.32 Å². The van der Waals surface area contributed by atoms with Crippen molar-refractivity contribution in [2.24, 2.45) is 5.92 Å². The molecule has 0 radical (unpaired) electrons. The molecule has 0 aliphatic carbocycles. The smallest absolute Gasteiger partial charge is 0.232 e. The third-order valence-electron chi connectivity index (χ3n) is 3.64. The molecule has 1 fully saturated rings. The molecule has 1 aromatic rings. The Morgan fingerprint density at radius 3 is 2.70 bits per heavy atom. The van der Waals surface area contributed by atoms with E-state index in [0.29, 0.717) is 12.3 Å². The highest BCUT2D eigenvalue weighted by Gasteiger charge is 2.18. The molecule has 1 aliphatic heterocycles. The number of nitrogens with one attached hydrogen (secondary N) is 2. The van der Waals surface area contributed by atoms with Crippen LogP contribution in [0.1, 0.15) is 24.8 Å². The van der Waals surface area contributed by atoms with E-state index in [1.54, 1.807) is 13.0 Å². The Morgan fingerprint density at radius 1 is 1.35 bits per heavy atom. The van der Waals surface area contributed by atoms with Crippen LogP contribution in [-0.4, -0.2) is 27.3 Å². The van der Waals surface area contributed by atoms with E-state index < -0.39 is 15.8 Å². The number of aryl methyl sites for hydroxylation is 1. The number of anilines is 1. The average molecular weight is 300 g/mol. The minimum absolute atomic E-state index is 0.0286. The van der Waals surface area contributed by atoms with Gasteiger partial charge in [0, 0.05) is 0 Å². The number of rotatable bonds is 5. The van der Waals surface area contributed by atoms with Crippen molar-refractivity contribution in [3.8, 4) is 0 Å². The predicted octanol–water partition coefficient (Wildman–Crippen LogP) is 2.27. The summed E-state index contributed by atoms with van der Waals surface area (Å²) in [4.78, 5) is 0. The molecule has 2 rings (SSSR count). The second-order valence-corrected chi connectivity index (χ2v) is 7.23. The predicted molar refractivity (Wildman–Crippen MR) is 78.8 cm³/mol. The fraction of sp³-hybridized carbons (Fsp3) is 0.571. The van der Waals surface area contributed by atoms with Crippen LogP contribution in [0.15, 0.2) is 18.2 Å². The largest absolute Gasteiger partial charge is 0.317 e. The van der Waals surface area contributed by atoms with Gasteiger partial charge in [0.25, 0.3) is 0 Å². The van der Waals surface area contributed by atoms with Gasteiger partial charge in [-0.25, -0.2) is 12.8 Å². The number of hydrogen-bond acceptors (Lipinski definition) is 3. The Hall–Kier alpha value is -1.14. The molecule has 0 bridgehead atoms. The van der Waals surface area contributed by atoms with Crippen molar-refractivity contribution in [1.29, 1.82) is 0 Å². The zero-order valence-corrected chi connectivity index (χ0v) is 12.5. The maximum Gasteiger partial charge on any atom is 0.232 e. The van der Waals surface area contributed by atoms with Gasteiger partial charge in [0.15, 0.2) is 0 Å². The summed E-state index contributed by atoms with van der Waals surface area (Å²) in [6, 6.07) is 4.48. The summed E-state index contributed by atoms with van der Waals surface area (Å²) >= 11 is 0. The van der Waals surface area contributed by atoms with Gasteiger partial charge in [-0.05, 0) is 62.9 Å². The Kier molecular flexibility index (Phi) is 4.99. The number of benzene rings is 1.